The second-order valence-corrected chi connectivity index (χ2v) is 2.17. The highest BCUT2D eigenvalue weighted by Gasteiger charge is 2.09. The highest BCUT2D eigenvalue weighted by molar-refractivity contribution is 4.70. The van der Waals surface area contributed by atoms with Crippen LogP contribution in [0.4, 0.5) is 0 Å². The van der Waals surface area contributed by atoms with E-state index in [2.05, 4.69) is 10.8 Å². The molecule has 0 aromatic carbocycles. The molecule has 1 rings (SSSR count). The number of hydroxylamine groups is 1. The Balaban J connectivity index is 2.13. The van der Waals surface area contributed by atoms with Crippen LogP contribution in [-0.2, 0) is 0 Å². The van der Waals surface area contributed by atoms with Crippen molar-refractivity contribution in [1.82, 2.24) is 10.8 Å². The first-order valence-corrected chi connectivity index (χ1v) is 3.04. The van der Waals surface area contributed by atoms with Crippen LogP contribution < -0.4 is 10.8 Å². The Labute approximate surface area is 49.0 Å². The van der Waals surface area contributed by atoms with Crippen LogP contribution in [0.15, 0.2) is 0 Å². The van der Waals surface area contributed by atoms with Gasteiger partial charge >= 0.3 is 0 Å². The van der Waals surface area contributed by atoms with Crippen molar-refractivity contribution in [1.29, 1.82) is 0 Å². The molecule has 1 saturated heterocycles. The fourth-order valence-electron chi connectivity index (χ4n) is 0.962. The minimum absolute atomic E-state index is 0.281. The van der Waals surface area contributed by atoms with Gasteiger partial charge in [-0.1, -0.05) is 0 Å². The van der Waals surface area contributed by atoms with E-state index in [1.165, 1.54) is 0 Å². The van der Waals surface area contributed by atoms with Crippen LogP contribution in [0.1, 0.15) is 12.8 Å². The molecule has 0 aromatic rings. The lowest BCUT2D eigenvalue weighted by molar-refractivity contribution is 0.113. The summed E-state index contributed by atoms with van der Waals surface area (Å²) in [6, 6.07) is 0.281. The van der Waals surface area contributed by atoms with Gasteiger partial charge in [0.05, 0.1) is 0 Å². The van der Waals surface area contributed by atoms with Gasteiger partial charge in [0.25, 0.3) is 0 Å². The zero-order valence-corrected chi connectivity index (χ0v) is 4.85. The van der Waals surface area contributed by atoms with Crippen molar-refractivity contribution in [3.8, 4) is 0 Å². The maximum Gasteiger partial charge on any atom is 0.0444 e. The van der Waals surface area contributed by atoms with Crippen molar-refractivity contribution in [3.05, 3.63) is 0 Å². The molecule has 0 spiro atoms. The zero-order chi connectivity index (χ0) is 5.82. The second kappa shape index (κ2) is 3.02. The molecule has 3 nitrogen and oxygen atoms in total. The van der Waals surface area contributed by atoms with Gasteiger partial charge in [0.1, 0.15) is 0 Å². The Hall–Kier alpha value is -0.120. The standard InChI is InChI=1S/C5H12N2O/c8-7-5-2-1-3-6-4-5/h5-8H,1-4H2/t5-/m1/s1. The largest absolute Gasteiger partial charge is 0.316 e. The van der Waals surface area contributed by atoms with Gasteiger partial charge in [0.2, 0.25) is 0 Å². The number of hydrogen-bond donors (Lipinski definition) is 3. The van der Waals surface area contributed by atoms with E-state index in [0.717, 1.165) is 25.9 Å². The number of rotatable bonds is 1. The first kappa shape index (κ1) is 6.01. The first-order chi connectivity index (χ1) is 3.93. The van der Waals surface area contributed by atoms with Crippen molar-refractivity contribution in [3.63, 3.8) is 0 Å². The van der Waals surface area contributed by atoms with Crippen LogP contribution in [0.5, 0.6) is 0 Å². The van der Waals surface area contributed by atoms with E-state index in [1.807, 2.05) is 0 Å². The third-order valence-electron chi connectivity index (χ3n) is 1.48. The summed E-state index contributed by atoms with van der Waals surface area (Å²) in [5.41, 5.74) is 2.24. The van der Waals surface area contributed by atoms with Gasteiger partial charge in [-0.3, -0.25) is 0 Å². The van der Waals surface area contributed by atoms with Crippen LogP contribution in [-0.4, -0.2) is 24.3 Å². The van der Waals surface area contributed by atoms with Gasteiger partial charge in [0, 0.05) is 12.6 Å². The molecular weight excluding hydrogens is 104 g/mol. The zero-order valence-electron chi connectivity index (χ0n) is 4.85. The van der Waals surface area contributed by atoms with Crippen molar-refractivity contribution >= 4 is 0 Å². The SMILES string of the molecule is ON[C@@H]1CCCNC1. The third-order valence-corrected chi connectivity index (χ3v) is 1.48. The van der Waals surface area contributed by atoms with Crippen molar-refractivity contribution in [2.24, 2.45) is 0 Å². The minimum Gasteiger partial charge on any atom is -0.316 e. The highest BCUT2D eigenvalue weighted by Crippen LogP contribution is 1.98. The number of hydrogen-bond acceptors (Lipinski definition) is 3. The molecule has 1 atom stereocenters. The van der Waals surface area contributed by atoms with E-state index in [-0.39, 0.29) is 6.04 Å². The van der Waals surface area contributed by atoms with Crippen LogP contribution >= 0.6 is 0 Å². The lowest BCUT2D eigenvalue weighted by atomic mass is 10.1. The molecule has 0 saturated carbocycles. The molecule has 8 heavy (non-hydrogen) atoms. The molecule has 0 amide bonds. The fraction of sp³-hybridized carbons (Fsp3) is 1.00. The van der Waals surface area contributed by atoms with Gasteiger partial charge < -0.3 is 10.5 Å². The lowest BCUT2D eigenvalue weighted by Crippen LogP contribution is -2.41. The second-order valence-electron chi connectivity index (χ2n) is 2.17. The van der Waals surface area contributed by atoms with Gasteiger partial charge in [0.15, 0.2) is 0 Å². The van der Waals surface area contributed by atoms with Gasteiger partial charge in [-0.2, -0.15) is 0 Å². The first-order valence-electron chi connectivity index (χ1n) is 3.04. The molecule has 1 heterocycles. The van der Waals surface area contributed by atoms with Crippen LogP contribution in [0.2, 0.25) is 0 Å². The predicted molar refractivity (Wildman–Crippen MR) is 30.8 cm³/mol. The van der Waals surface area contributed by atoms with E-state index >= 15 is 0 Å². The van der Waals surface area contributed by atoms with Gasteiger partial charge in [-0.05, 0) is 19.4 Å². The summed E-state index contributed by atoms with van der Waals surface area (Å²) < 4.78 is 0. The summed E-state index contributed by atoms with van der Waals surface area (Å²) >= 11 is 0. The molecule has 0 bridgehead atoms. The lowest BCUT2D eigenvalue weighted by Gasteiger charge is -2.20. The molecule has 1 aliphatic rings. The number of nitrogens with one attached hydrogen (secondary N) is 2. The maximum absolute atomic E-state index is 8.40. The molecule has 1 aliphatic heterocycles. The molecule has 3 N–H and O–H groups in total. The molecule has 0 aliphatic carbocycles. The fourth-order valence-corrected chi connectivity index (χ4v) is 0.962. The molecule has 1 fully saturated rings. The van der Waals surface area contributed by atoms with Crippen LogP contribution in [0.25, 0.3) is 0 Å². The Kier molecular flexibility index (Phi) is 2.27. The van der Waals surface area contributed by atoms with Gasteiger partial charge in [-0.25, -0.2) is 5.48 Å². The van der Waals surface area contributed by atoms with E-state index in [9.17, 15) is 0 Å². The summed E-state index contributed by atoms with van der Waals surface area (Å²) in [6.07, 6.45) is 2.25. The van der Waals surface area contributed by atoms with Gasteiger partial charge in [-0.15, -0.1) is 0 Å². The molecule has 0 radical (unpaired) electrons. The van der Waals surface area contributed by atoms with E-state index < -0.39 is 0 Å². The summed E-state index contributed by atoms with van der Waals surface area (Å²) in [5.74, 6) is 0. The highest BCUT2D eigenvalue weighted by atomic mass is 16.5. The van der Waals surface area contributed by atoms with Crippen LogP contribution in [0.3, 0.4) is 0 Å². The van der Waals surface area contributed by atoms with Crippen molar-refractivity contribution in [2.75, 3.05) is 13.1 Å². The molecule has 48 valence electrons. The normalized spacial score (nSPS) is 30.4. The monoisotopic (exact) mass is 116 g/mol. The van der Waals surface area contributed by atoms with Crippen molar-refractivity contribution < 1.29 is 5.21 Å². The molecular formula is C5H12N2O. The predicted octanol–water partition coefficient (Wildman–Crippen LogP) is -0.283. The average Bonchev–Trinajstić information content (AvgIpc) is 1.90. The molecule has 3 heteroatoms. The van der Waals surface area contributed by atoms with E-state index in [4.69, 9.17) is 5.21 Å². The quantitative estimate of drug-likeness (QED) is 0.413. The summed E-state index contributed by atoms with van der Waals surface area (Å²) in [4.78, 5) is 0. The summed E-state index contributed by atoms with van der Waals surface area (Å²) in [6.45, 7) is 1.99. The van der Waals surface area contributed by atoms with Crippen molar-refractivity contribution in [2.45, 2.75) is 18.9 Å². The molecule has 0 unspecified atom stereocenters. The Morgan fingerprint density at radius 3 is 2.88 bits per heavy atom. The van der Waals surface area contributed by atoms with Crippen LogP contribution in [0, 0.1) is 0 Å². The summed E-state index contributed by atoms with van der Waals surface area (Å²) in [5, 5.41) is 11.6. The number of piperidine rings is 1. The summed E-state index contributed by atoms with van der Waals surface area (Å²) in [7, 11) is 0. The Morgan fingerprint density at radius 2 is 2.50 bits per heavy atom. The third kappa shape index (κ3) is 1.43. The van der Waals surface area contributed by atoms with E-state index in [0.29, 0.717) is 0 Å². The maximum atomic E-state index is 8.40. The van der Waals surface area contributed by atoms with E-state index in [1.54, 1.807) is 0 Å². The minimum atomic E-state index is 0.281. The molecule has 0 aromatic heterocycles. The smallest absolute Gasteiger partial charge is 0.0444 e. The Morgan fingerprint density at radius 1 is 1.62 bits per heavy atom. The Bertz CT molecular complexity index is 61.4. The topological polar surface area (TPSA) is 44.3 Å². The average molecular weight is 116 g/mol.